The summed E-state index contributed by atoms with van der Waals surface area (Å²) in [6.45, 7) is 0.557. The van der Waals surface area contributed by atoms with Gasteiger partial charge in [-0.2, -0.15) is 5.06 Å². The van der Waals surface area contributed by atoms with Gasteiger partial charge in [-0.1, -0.05) is 0 Å². The topological polar surface area (TPSA) is 133 Å². The maximum Gasteiger partial charge on any atom is 0.192 e. The summed E-state index contributed by atoms with van der Waals surface area (Å²) in [6.07, 6.45) is 2.56. The molecule has 0 bridgehead atoms. The third-order valence-corrected chi connectivity index (χ3v) is 3.46. The Morgan fingerprint density at radius 1 is 1.55 bits per heavy atom. The fraction of sp³-hybridized carbons (Fsp3) is 0.750. The molecule has 22 heavy (non-hydrogen) atoms. The predicted molar refractivity (Wildman–Crippen MR) is 83.3 cm³/mol. The first-order valence-corrected chi connectivity index (χ1v) is 8.32. The molecule has 1 fully saturated rings. The van der Waals surface area contributed by atoms with E-state index >= 15 is 0 Å². The van der Waals surface area contributed by atoms with Crippen LogP contribution >= 0.6 is 8.38 Å². The molecule has 1 aliphatic heterocycles. The van der Waals surface area contributed by atoms with Gasteiger partial charge in [0.15, 0.2) is 8.38 Å². The van der Waals surface area contributed by atoms with Crippen LogP contribution in [0.25, 0.3) is 0 Å². The Labute approximate surface area is 131 Å². The number of nitrogens with zero attached hydrogens (tertiary/aromatic N) is 2. The zero-order valence-corrected chi connectivity index (χ0v) is 13.7. The largest absolute Gasteiger partial charge is 0.404 e. The molecule has 0 spiro atoms. The number of nitrogens with two attached hydrogens (primary N) is 1. The molecule has 0 amide bonds. The highest BCUT2D eigenvalue weighted by molar-refractivity contribution is 7.44. The zero-order valence-electron chi connectivity index (χ0n) is 12.8. The summed E-state index contributed by atoms with van der Waals surface area (Å²) in [5.74, 6) is 0.559. The molecule has 0 radical (unpaired) electrons. The van der Waals surface area contributed by atoms with Gasteiger partial charge < -0.3 is 35.5 Å². The maximum atomic E-state index is 9.31. The fourth-order valence-electron chi connectivity index (χ4n) is 2.11. The summed E-state index contributed by atoms with van der Waals surface area (Å²) in [7, 11) is 1.12. The normalized spacial score (nSPS) is 23.6. The average molecular weight is 336 g/mol. The summed E-state index contributed by atoms with van der Waals surface area (Å²) in [6, 6.07) is 0. The number of hydrogen-bond acceptors (Lipinski definition) is 8. The van der Waals surface area contributed by atoms with E-state index in [-0.39, 0.29) is 25.2 Å². The highest BCUT2D eigenvalue weighted by Gasteiger charge is 2.27. The van der Waals surface area contributed by atoms with Crippen LogP contribution in [0.3, 0.4) is 0 Å². The lowest BCUT2D eigenvalue weighted by molar-refractivity contribution is -0.0549. The first-order chi connectivity index (χ1) is 10.5. The molecule has 6 N–H and O–H groups in total. The van der Waals surface area contributed by atoms with Gasteiger partial charge in [0.05, 0.1) is 19.3 Å². The molecule has 128 valence electrons. The van der Waals surface area contributed by atoms with Crippen molar-refractivity contribution in [2.24, 2.45) is 10.7 Å². The summed E-state index contributed by atoms with van der Waals surface area (Å²) in [5, 5.41) is 13.5. The lowest BCUT2D eigenvalue weighted by Gasteiger charge is -2.20. The number of aliphatic imine (C=N–C) groups is 1. The minimum atomic E-state index is -2.03. The Morgan fingerprint density at radius 3 is 2.82 bits per heavy atom. The van der Waals surface area contributed by atoms with Crippen LogP contribution in [0, 0.1) is 0 Å². The predicted octanol–water partition coefficient (Wildman–Crippen LogP) is -0.456. The van der Waals surface area contributed by atoms with E-state index in [4.69, 9.17) is 25.0 Å². The molecule has 0 aliphatic carbocycles. The molecule has 2 atom stereocenters. The van der Waals surface area contributed by atoms with E-state index < -0.39 is 8.38 Å². The molecule has 0 saturated carbocycles. The Kier molecular flexibility index (Phi) is 8.81. The number of amidine groups is 1. The van der Waals surface area contributed by atoms with Crippen molar-refractivity contribution < 1.29 is 24.5 Å². The third kappa shape index (κ3) is 6.97. The van der Waals surface area contributed by atoms with Crippen molar-refractivity contribution in [3.63, 3.8) is 0 Å². The Bertz CT molecular complexity index is 392. The van der Waals surface area contributed by atoms with Gasteiger partial charge in [-0.05, 0) is 12.8 Å². The van der Waals surface area contributed by atoms with E-state index in [9.17, 15) is 5.21 Å². The van der Waals surface area contributed by atoms with Gasteiger partial charge in [-0.3, -0.25) is 4.99 Å². The number of rotatable bonds is 8. The smallest absolute Gasteiger partial charge is 0.192 e. The van der Waals surface area contributed by atoms with Crippen LogP contribution < -0.4 is 11.1 Å². The Morgan fingerprint density at radius 2 is 2.27 bits per heavy atom. The molecule has 1 rings (SSSR count). The molecule has 0 aromatic heterocycles. The highest BCUT2D eigenvalue weighted by atomic mass is 31.2. The van der Waals surface area contributed by atoms with Gasteiger partial charge in [0.25, 0.3) is 0 Å². The monoisotopic (exact) mass is 336 g/mol. The molecule has 1 aliphatic rings. The molecule has 10 heteroatoms. The summed E-state index contributed by atoms with van der Waals surface area (Å²) < 4.78 is 10.9. The van der Waals surface area contributed by atoms with Crippen molar-refractivity contribution in [3.05, 3.63) is 11.8 Å². The van der Waals surface area contributed by atoms with Crippen molar-refractivity contribution in [2.75, 3.05) is 33.6 Å². The highest BCUT2D eigenvalue weighted by Crippen LogP contribution is 2.24. The molecule has 0 aromatic rings. The molecular formula is C12H25N4O5P. The van der Waals surface area contributed by atoms with Gasteiger partial charge >= 0.3 is 0 Å². The van der Waals surface area contributed by atoms with E-state index in [1.807, 2.05) is 0 Å². The number of nitrogens with one attached hydrogen (secondary N) is 1. The number of ether oxygens (including phenoxy) is 2. The molecule has 1 saturated heterocycles. The van der Waals surface area contributed by atoms with Gasteiger partial charge in [0.1, 0.15) is 18.4 Å². The first-order valence-electron chi connectivity index (χ1n) is 6.89. The van der Waals surface area contributed by atoms with Crippen LogP contribution in [-0.2, 0) is 9.47 Å². The van der Waals surface area contributed by atoms with Crippen molar-refractivity contribution in [1.29, 1.82) is 0 Å². The lowest BCUT2D eigenvalue weighted by Crippen LogP contribution is -2.38. The van der Waals surface area contributed by atoms with E-state index in [0.717, 1.165) is 17.9 Å². The van der Waals surface area contributed by atoms with E-state index in [0.29, 0.717) is 18.0 Å². The van der Waals surface area contributed by atoms with Gasteiger partial charge in [0, 0.05) is 25.9 Å². The van der Waals surface area contributed by atoms with Crippen molar-refractivity contribution in [2.45, 2.75) is 25.2 Å². The van der Waals surface area contributed by atoms with Crippen LogP contribution in [0.1, 0.15) is 12.8 Å². The summed E-state index contributed by atoms with van der Waals surface area (Å²) in [5.41, 5.74) is 6.22. The number of hydroxylamine groups is 2. The van der Waals surface area contributed by atoms with Crippen LogP contribution in [0.2, 0.25) is 0 Å². The van der Waals surface area contributed by atoms with Gasteiger partial charge in [-0.15, -0.1) is 0 Å². The van der Waals surface area contributed by atoms with Gasteiger partial charge in [-0.25, -0.2) is 0 Å². The average Bonchev–Trinajstić information content (AvgIpc) is 2.89. The number of likely N-dealkylation sites (N-methyl/N-ethyl adjacent to an activating group) is 1. The number of hydrogen-bond donors (Lipinski definition) is 5. The second kappa shape index (κ2) is 10.1. The zero-order chi connectivity index (χ0) is 16.5. The standard InChI is InChI=1S/C12H25N4O5P/c1-14-12(9(5-13)6-16(2)17)15-11-4-3-10(21-11)7-20-8-22(18)19/h5,10-11,17-19H,3-4,6-8,13H2,1-2H3,(H,14,15)/b9-5-. The van der Waals surface area contributed by atoms with Crippen LogP contribution in [0.15, 0.2) is 16.8 Å². The first kappa shape index (κ1) is 19.2. The third-order valence-electron chi connectivity index (χ3n) is 3.04. The SMILES string of the molecule is CN=C(NC1CCC(COCP(O)O)O1)/C(=C\N)CN(C)O. The second-order valence-electron chi connectivity index (χ2n) is 4.92. The van der Waals surface area contributed by atoms with Crippen LogP contribution in [-0.4, -0.2) is 71.8 Å². The molecule has 0 aromatic carbocycles. The van der Waals surface area contributed by atoms with Crippen molar-refractivity contribution in [1.82, 2.24) is 10.4 Å². The van der Waals surface area contributed by atoms with Crippen molar-refractivity contribution in [3.8, 4) is 0 Å². The van der Waals surface area contributed by atoms with E-state index in [1.165, 1.54) is 13.2 Å². The molecule has 2 unspecified atom stereocenters. The minimum Gasteiger partial charge on any atom is -0.404 e. The summed E-state index contributed by atoms with van der Waals surface area (Å²) >= 11 is 0. The van der Waals surface area contributed by atoms with Crippen LogP contribution in [0.4, 0.5) is 0 Å². The van der Waals surface area contributed by atoms with Gasteiger partial charge in [0.2, 0.25) is 0 Å². The Balaban J connectivity index is 2.43. The second-order valence-corrected chi connectivity index (χ2v) is 5.92. The van der Waals surface area contributed by atoms with Crippen molar-refractivity contribution >= 4 is 14.2 Å². The van der Waals surface area contributed by atoms with E-state index in [2.05, 4.69) is 10.3 Å². The molecule has 9 nitrogen and oxygen atoms in total. The van der Waals surface area contributed by atoms with E-state index in [1.54, 1.807) is 7.05 Å². The molecular weight excluding hydrogens is 311 g/mol. The maximum absolute atomic E-state index is 9.31. The quantitative estimate of drug-likeness (QED) is 0.174. The molecule has 1 heterocycles. The lowest BCUT2D eigenvalue weighted by atomic mass is 10.2. The fourth-order valence-corrected chi connectivity index (χ4v) is 2.38. The minimum absolute atomic E-state index is 0.0716. The summed E-state index contributed by atoms with van der Waals surface area (Å²) in [4.78, 5) is 21.7. The van der Waals surface area contributed by atoms with Crippen LogP contribution in [0.5, 0.6) is 0 Å². The Hall–Kier alpha value is -0.800.